The smallest absolute Gasteiger partial charge is 0.748 e. The summed E-state index contributed by atoms with van der Waals surface area (Å²) in [4.78, 5) is 33.6. The quantitative estimate of drug-likeness (QED) is 0.118. The van der Waals surface area contributed by atoms with Crippen molar-refractivity contribution in [3.8, 4) is 17.0 Å². The Morgan fingerprint density at radius 3 is 2.44 bits per heavy atom. The van der Waals surface area contributed by atoms with Gasteiger partial charge in [0.05, 0.1) is 28.6 Å². The topological polar surface area (TPSA) is 141 Å². The molecule has 2 aliphatic carbocycles. The van der Waals surface area contributed by atoms with Gasteiger partial charge >= 0.3 is 29.6 Å². The summed E-state index contributed by atoms with van der Waals surface area (Å²) < 4.78 is 58.1. The van der Waals surface area contributed by atoms with Gasteiger partial charge in [0.25, 0.3) is 6.47 Å². The van der Waals surface area contributed by atoms with Gasteiger partial charge in [0.1, 0.15) is 17.2 Å². The maximum absolute atomic E-state index is 13.6. The number of amides is 1. The van der Waals surface area contributed by atoms with Crippen LogP contribution in [0.3, 0.4) is 0 Å². The van der Waals surface area contributed by atoms with Crippen molar-refractivity contribution in [2.24, 2.45) is 5.41 Å². The van der Waals surface area contributed by atoms with E-state index in [1.165, 1.54) is 17.8 Å². The number of nitrogens with zero attached hydrogens (tertiary/aromatic N) is 3. The van der Waals surface area contributed by atoms with Gasteiger partial charge < -0.3 is 19.3 Å². The molecule has 2 saturated carbocycles. The van der Waals surface area contributed by atoms with Crippen LogP contribution in [0.15, 0.2) is 30.5 Å². The molecule has 0 spiro atoms. The summed E-state index contributed by atoms with van der Waals surface area (Å²) in [7, 11) is -2.23. The minimum Gasteiger partial charge on any atom is -0.748 e. The van der Waals surface area contributed by atoms with E-state index in [1.54, 1.807) is 6.07 Å². The molecule has 1 aromatic heterocycles. The molecule has 1 amide bonds. The first-order valence-electron chi connectivity index (χ1n) is 17.5. The van der Waals surface area contributed by atoms with Gasteiger partial charge in [-0.3, -0.25) is 24.4 Å². The van der Waals surface area contributed by atoms with Crippen molar-refractivity contribution in [2.75, 3.05) is 45.6 Å². The number of carbonyl (C=O) groups excluding carboxylic acids is 2. The number of aromatic nitrogens is 1. The van der Waals surface area contributed by atoms with Crippen molar-refractivity contribution >= 4 is 22.5 Å². The molecule has 50 heavy (non-hydrogen) atoms. The van der Waals surface area contributed by atoms with Crippen LogP contribution in [0.2, 0.25) is 0 Å². The molecule has 1 N–H and O–H groups in total. The number of likely N-dealkylation sites (N-methyl/N-ethyl adjacent to an activating group) is 1. The number of likely N-dealkylation sites (tertiary alicyclic amines) is 1. The first kappa shape index (κ1) is 40.6. The van der Waals surface area contributed by atoms with Crippen molar-refractivity contribution in [1.82, 2.24) is 20.1 Å². The van der Waals surface area contributed by atoms with Gasteiger partial charge in [0.2, 0.25) is 5.91 Å². The van der Waals surface area contributed by atoms with E-state index < -0.39 is 26.9 Å². The molecule has 3 fully saturated rings. The standard InChI is InChI=1S/C36H51FN4O7S.Na/c1-4-47-33-21-31(32-9-8-28(37)22-39-32)30(26-6-7-26)20-27(33)23-41-17-14-36(15-18-41,48-25-42)24-40(3)29-10-12-35(2,13-11-29)34(43)38-16-5-19-49(44,45)46;/h8-9,20-22,25-26,29H,4-7,10-19,23-24H2,1-3H3,(H,38,43)(H,44,45,46);/q;+1/p-1. The average Bonchev–Trinajstić information content (AvgIpc) is 3.91. The number of nitrogens with one attached hydrogen (secondary N) is 1. The number of carbonyl (C=O) groups is 2. The molecule has 11 nitrogen and oxygen atoms in total. The largest absolute Gasteiger partial charge is 1.00 e. The molecular weight excluding hydrogens is 674 g/mol. The van der Waals surface area contributed by atoms with Gasteiger partial charge in [-0.05, 0) is 94.7 Å². The minimum absolute atomic E-state index is 0. The fraction of sp³-hybridized carbons (Fsp3) is 0.639. The van der Waals surface area contributed by atoms with Gasteiger partial charge in [-0.1, -0.05) is 6.92 Å². The third kappa shape index (κ3) is 10.7. The second kappa shape index (κ2) is 17.6. The van der Waals surface area contributed by atoms with E-state index in [-0.39, 0.29) is 60.3 Å². The maximum Gasteiger partial charge on any atom is 1.00 e. The fourth-order valence-electron chi connectivity index (χ4n) is 7.48. The number of rotatable bonds is 16. The second-order valence-electron chi connectivity index (χ2n) is 14.4. The van der Waals surface area contributed by atoms with Crippen LogP contribution in [0.5, 0.6) is 5.75 Å². The first-order chi connectivity index (χ1) is 23.3. The molecule has 2 heterocycles. The van der Waals surface area contributed by atoms with Gasteiger partial charge in [0, 0.05) is 73.9 Å². The molecule has 14 heteroatoms. The Kier molecular flexibility index (Phi) is 14.3. The summed E-state index contributed by atoms with van der Waals surface area (Å²) in [5.41, 5.74) is 2.92. The summed E-state index contributed by atoms with van der Waals surface area (Å²) in [6, 6.07) is 7.71. The third-order valence-electron chi connectivity index (χ3n) is 10.6. The summed E-state index contributed by atoms with van der Waals surface area (Å²) in [5, 5.41) is 2.81. The van der Waals surface area contributed by atoms with Gasteiger partial charge in [-0.2, -0.15) is 0 Å². The molecule has 5 rings (SSSR count). The van der Waals surface area contributed by atoms with Gasteiger partial charge in [0.15, 0.2) is 0 Å². The number of benzene rings is 1. The predicted molar refractivity (Wildman–Crippen MR) is 182 cm³/mol. The molecule has 0 bridgehead atoms. The molecule has 1 aliphatic heterocycles. The van der Waals surface area contributed by atoms with Crippen LogP contribution in [-0.4, -0.2) is 97.4 Å². The third-order valence-corrected chi connectivity index (χ3v) is 11.4. The molecule has 270 valence electrons. The molecule has 0 atom stereocenters. The van der Waals surface area contributed by atoms with Gasteiger partial charge in [-0.15, -0.1) is 0 Å². The molecule has 0 unspecified atom stereocenters. The second-order valence-corrected chi connectivity index (χ2v) is 15.9. The Hall–Kier alpha value is -2.13. The monoisotopic (exact) mass is 724 g/mol. The molecular formula is C36H50FN4NaO7S. The Morgan fingerprint density at radius 2 is 1.86 bits per heavy atom. The number of hydrogen-bond donors (Lipinski definition) is 1. The number of halogens is 1. The Balaban J connectivity index is 0.00000562. The van der Waals surface area contributed by atoms with E-state index in [0.29, 0.717) is 57.8 Å². The van der Waals surface area contributed by atoms with E-state index in [1.807, 2.05) is 13.8 Å². The number of hydrogen-bond acceptors (Lipinski definition) is 10. The van der Waals surface area contributed by atoms with Crippen LogP contribution in [-0.2, 0) is 31.0 Å². The maximum atomic E-state index is 13.6. The minimum atomic E-state index is -4.29. The van der Waals surface area contributed by atoms with Gasteiger partial charge in [-0.25, -0.2) is 12.8 Å². The molecule has 3 aliphatic rings. The van der Waals surface area contributed by atoms with E-state index in [4.69, 9.17) is 9.47 Å². The van der Waals surface area contributed by atoms with Crippen LogP contribution in [0.1, 0.15) is 88.7 Å². The summed E-state index contributed by atoms with van der Waals surface area (Å²) >= 11 is 0. The van der Waals surface area contributed by atoms with Crippen molar-refractivity contribution in [3.63, 3.8) is 0 Å². The van der Waals surface area contributed by atoms with E-state index in [9.17, 15) is 27.0 Å². The van der Waals surface area contributed by atoms with Crippen molar-refractivity contribution in [2.45, 2.75) is 95.7 Å². The molecule has 1 aromatic carbocycles. The first-order valence-corrected chi connectivity index (χ1v) is 19.1. The van der Waals surface area contributed by atoms with Crippen LogP contribution in [0.4, 0.5) is 4.39 Å². The van der Waals surface area contributed by atoms with E-state index >= 15 is 0 Å². The number of pyridine rings is 1. The zero-order chi connectivity index (χ0) is 35.2. The van der Waals surface area contributed by atoms with E-state index in [0.717, 1.165) is 61.3 Å². The van der Waals surface area contributed by atoms with Crippen molar-refractivity contribution < 1.29 is 66.0 Å². The van der Waals surface area contributed by atoms with Crippen LogP contribution >= 0.6 is 0 Å². The van der Waals surface area contributed by atoms with Crippen molar-refractivity contribution in [1.29, 1.82) is 0 Å². The number of piperidine rings is 1. The Labute approximate surface area is 318 Å². The number of ether oxygens (including phenoxy) is 2. The summed E-state index contributed by atoms with van der Waals surface area (Å²) in [6.45, 7) is 7.97. The van der Waals surface area contributed by atoms with Crippen LogP contribution < -0.4 is 39.6 Å². The zero-order valence-corrected chi connectivity index (χ0v) is 32.7. The SMILES string of the molecule is CCOc1cc(-c2ccc(F)cn2)c(C2CC2)cc1CN1CCC(CN(C)C2CCC(C)(C(=O)NCCCS(=O)(=O)[O-])CC2)(OC=O)CC1.[Na+]. The van der Waals surface area contributed by atoms with Crippen molar-refractivity contribution in [3.05, 3.63) is 47.4 Å². The molecule has 0 radical (unpaired) electrons. The van der Waals surface area contributed by atoms with Crippen LogP contribution in [0, 0.1) is 11.2 Å². The average molecular weight is 725 g/mol. The summed E-state index contributed by atoms with van der Waals surface area (Å²) in [5.74, 6) is 0.313. The Morgan fingerprint density at radius 1 is 1.16 bits per heavy atom. The normalized spacial score (nSPS) is 22.4. The molecule has 2 aromatic rings. The van der Waals surface area contributed by atoms with Crippen LogP contribution in [0.25, 0.3) is 11.3 Å². The Bertz CT molecular complexity index is 1560. The predicted octanol–water partition coefficient (Wildman–Crippen LogP) is 1.61. The molecule has 1 saturated heterocycles. The van der Waals surface area contributed by atoms with E-state index in [2.05, 4.69) is 39.3 Å². The fourth-order valence-corrected chi connectivity index (χ4v) is 7.97. The zero-order valence-electron chi connectivity index (χ0n) is 29.9. The summed E-state index contributed by atoms with van der Waals surface area (Å²) in [6.07, 6.45) is 7.98.